The molecule has 2 unspecified atom stereocenters. The molecule has 1 saturated heterocycles. The number of ether oxygens (including phenoxy) is 2. The van der Waals surface area contributed by atoms with Crippen molar-refractivity contribution in [3.8, 4) is 5.75 Å². The molecule has 1 saturated carbocycles. The second-order valence-electron chi connectivity index (χ2n) is 7.18. The zero-order valence-corrected chi connectivity index (χ0v) is 14.2. The van der Waals surface area contributed by atoms with Crippen LogP contribution in [-0.2, 0) is 22.6 Å². The van der Waals surface area contributed by atoms with Crippen molar-refractivity contribution in [1.29, 1.82) is 0 Å². The number of fused-ring (bicyclic) bond motifs is 1. The molecule has 2 fully saturated rings. The van der Waals surface area contributed by atoms with E-state index >= 15 is 0 Å². The standard InChI is InChI=1S/C22H22O3/c1-16-11-19-15-25-21(23)22(19,12-16)13-17-7-9-18(10-8-17)14-24-20-5-3-2-4-6-20/h2-10,19H,1,11-15H2. The van der Waals surface area contributed by atoms with Gasteiger partial charge in [-0.1, -0.05) is 54.6 Å². The average Bonchev–Trinajstić information content (AvgIpc) is 3.10. The molecule has 0 aromatic heterocycles. The van der Waals surface area contributed by atoms with E-state index in [-0.39, 0.29) is 17.3 Å². The largest absolute Gasteiger partial charge is 0.489 e. The summed E-state index contributed by atoms with van der Waals surface area (Å²) in [6.07, 6.45) is 2.40. The number of allylic oxidation sites excluding steroid dienone is 1. The van der Waals surface area contributed by atoms with E-state index in [1.54, 1.807) is 0 Å². The molecule has 25 heavy (non-hydrogen) atoms. The molecule has 3 heteroatoms. The van der Waals surface area contributed by atoms with Crippen LogP contribution < -0.4 is 4.74 Å². The summed E-state index contributed by atoms with van der Waals surface area (Å²) < 4.78 is 11.1. The highest BCUT2D eigenvalue weighted by Gasteiger charge is 2.55. The van der Waals surface area contributed by atoms with E-state index in [2.05, 4.69) is 30.8 Å². The minimum absolute atomic E-state index is 0.0485. The zero-order chi connectivity index (χ0) is 17.3. The molecular formula is C22H22O3. The molecule has 128 valence electrons. The molecule has 1 heterocycles. The van der Waals surface area contributed by atoms with E-state index in [0.717, 1.165) is 30.6 Å². The average molecular weight is 334 g/mol. The van der Waals surface area contributed by atoms with Crippen LogP contribution in [0.1, 0.15) is 24.0 Å². The Balaban J connectivity index is 1.44. The summed E-state index contributed by atoms with van der Waals surface area (Å²) >= 11 is 0. The first-order chi connectivity index (χ1) is 12.2. The van der Waals surface area contributed by atoms with Gasteiger partial charge in [-0.25, -0.2) is 0 Å². The SMILES string of the molecule is C=C1CC2COC(=O)C2(Cc2ccc(COc3ccccc3)cc2)C1. The Hall–Kier alpha value is -2.55. The van der Waals surface area contributed by atoms with Crippen LogP contribution in [-0.4, -0.2) is 12.6 Å². The third-order valence-corrected chi connectivity index (χ3v) is 5.40. The van der Waals surface area contributed by atoms with Crippen molar-refractivity contribution in [3.63, 3.8) is 0 Å². The topological polar surface area (TPSA) is 35.5 Å². The molecule has 0 spiro atoms. The lowest BCUT2D eigenvalue weighted by Gasteiger charge is -2.24. The summed E-state index contributed by atoms with van der Waals surface area (Å²) in [6, 6.07) is 18.2. The first-order valence-corrected chi connectivity index (χ1v) is 8.75. The van der Waals surface area contributed by atoms with Gasteiger partial charge in [-0.3, -0.25) is 4.79 Å². The number of para-hydroxylation sites is 1. The smallest absolute Gasteiger partial charge is 0.313 e. The van der Waals surface area contributed by atoms with Crippen molar-refractivity contribution in [3.05, 3.63) is 77.9 Å². The van der Waals surface area contributed by atoms with E-state index < -0.39 is 0 Å². The van der Waals surface area contributed by atoms with Crippen LogP contribution in [0.2, 0.25) is 0 Å². The highest BCUT2D eigenvalue weighted by Crippen LogP contribution is 2.52. The van der Waals surface area contributed by atoms with Crippen molar-refractivity contribution >= 4 is 5.97 Å². The third-order valence-electron chi connectivity index (χ3n) is 5.40. The van der Waals surface area contributed by atoms with Crippen LogP contribution in [0.25, 0.3) is 0 Å². The van der Waals surface area contributed by atoms with E-state index in [0.29, 0.717) is 13.2 Å². The van der Waals surface area contributed by atoms with Crippen molar-refractivity contribution in [1.82, 2.24) is 0 Å². The van der Waals surface area contributed by atoms with Crippen molar-refractivity contribution in [2.75, 3.05) is 6.61 Å². The monoisotopic (exact) mass is 334 g/mol. The first-order valence-electron chi connectivity index (χ1n) is 8.75. The first kappa shape index (κ1) is 15.9. The maximum absolute atomic E-state index is 12.4. The van der Waals surface area contributed by atoms with Crippen LogP contribution in [0, 0.1) is 11.3 Å². The summed E-state index contributed by atoms with van der Waals surface area (Å²) in [5, 5.41) is 0. The minimum atomic E-state index is -0.390. The summed E-state index contributed by atoms with van der Waals surface area (Å²) in [4.78, 5) is 12.4. The molecule has 0 amide bonds. The number of carbonyl (C=O) groups excluding carboxylic acids is 1. The van der Waals surface area contributed by atoms with Crippen LogP contribution >= 0.6 is 0 Å². The van der Waals surface area contributed by atoms with Gasteiger partial charge in [0.25, 0.3) is 0 Å². The summed E-state index contributed by atoms with van der Waals surface area (Å²) in [7, 11) is 0. The van der Waals surface area contributed by atoms with E-state index in [1.165, 1.54) is 11.1 Å². The molecule has 0 bridgehead atoms. The molecule has 1 aliphatic carbocycles. The van der Waals surface area contributed by atoms with Gasteiger partial charge in [0.1, 0.15) is 12.4 Å². The number of esters is 1. The molecule has 1 aliphatic heterocycles. The van der Waals surface area contributed by atoms with Gasteiger partial charge >= 0.3 is 5.97 Å². The molecule has 4 rings (SSSR count). The second kappa shape index (κ2) is 6.40. The van der Waals surface area contributed by atoms with Gasteiger partial charge < -0.3 is 9.47 Å². The molecule has 0 radical (unpaired) electrons. The lowest BCUT2D eigenvalue weighted by Crippen LogP contribution is -2.31. The Morgan fingerprint density at radius 1 is 1.08 bits per heavy atom. The second-order valence-corrected chi connectivity index (χ2v) is 7.18. The summed E-state index contributed by atoms with van der Waals surface area (Å²) in [5.74, 6) is 1.10. The van der Waals surface area contributed by atoms with E-state index in [9.17, 15) is 4.79 Å². The van der Waals surface area contributed by atoms with Gasteiger partial charge in [0.15, 0.2) is 0 Å². The lowest BCUT2D eigenvalue weighted by molar-refractivity contribution is -0.146. The van der Waals surface area contributed by atoms with Crippen LogP contribution in [0.5, 0.6) is 5.75 Å². The fourth-order valence-corrected chi connectivity index (χ4v) is 4.06. The molecule has 2 aromatic carbocycles. The normalized spacial score (nSPS) is 24.9. The predicted molar refractivity (Wildman–Crippen MR) is 96.2 cm³/mol. The molecule has 2 aliphatic rings. The van der Waals surface area contributed by atoms with Gasteiger partial charge in [-0.2, -0.15) is 0 Å². The Kier molecular flexibility index (Phi) is 4.08. The third kappa shape index (κ3) is 3.07. The summed E-state index contributed by atoms with van der Waals surface area (Å²) in [6.45, 7) is 5.18. The van der Waals surface area contributed by atoms with Crippen molar-refractivity contribution in [2.24, 2.45) is 11.3 Å². The van der Waals surface area contributed by atoms with Crippen molar-refractivity contribution < 1.29 is 14.3 Å². The highest BCUT2D eigenvalue weighted by atomic mass is 16.5. The molecule has 2 atom stereocenters. The maximum Gasteiger partial charge on any atom is 0.313 e. The Morgan fingerprint density at radius 2 is 1.80 bits per heavy atom. The van der Waals surface area contributed by atoms with Gasteiger partial charge in [0.05, 0.1) is 12.0 Å². The highest BCUT2D eigenvalue weighted by molar-refractivity contribution is 5.81. The predicted octanol–water partition coefficient (Wildman–Crippen LogP) is 4.32. The van der Waals surface area contributed by atoms with E-state index in [1.807, 2.05) is 30.3 Å². The maximum atomic E-state index is 12.4. The zero-order valence-electron chi connectivity index (χ0n) is 14.2. The van der Waals surface area contributed by atoms with Crippen LogP contribution in [0.4, 0.5) is 0 Å². The number of hydrogen-bond acceptors (Lipinski definition) is 3. The van der Waals surface area contributed by atoms with Crippen molar-refractivity contribution in [2.45, 2.75) is 25.9 Å². The number of cyclic esters (lactones) is 1. The van der Waals surface area contributed by atoms with Gasteiger partial charge in [0.2, 0.25) is 0 Å². The Labute approximate surface area is 148 Å². The molecule has 3 nitrogen and oxygen atoms in total. The minimum Gasteiger partial charge on any atom is -0.489 e. The molecular weight excluding hydrogens is 312 g/mol. The van der Waals surface area contributed by atoms with Crippen LogP contribution in [0.3, 0.4) is 0 Å². The lowest BCUT2D eigenvalue weighted by atomic mass is 9.75. The fourth-order valence-electron chi connectivity index (χ4n) is 4.06. The van der Waals surface area contributed by atoms with Gasteiger partial charge in [0, 0.05) is 5.92 Å². The number of benzene rings is 2. The quantitative estimate of drug-likeness (QED) is 0.603. The number of carbonyl (C=O) groups is 1. The Bertz CT molecular complexity index is 779. The van der Waals surface area contributed by atoms with Gasteiger partial charge in [-0.05, 0) is 42.5 Å². The number of hydrogen-bond donors (Lipinski definition) is 0. The summed E-state index contributed by atoms with van der Waals surface area (Å²) in [5.41, 5.74) is 3.07. The van der Waals surface area contributed by atoms with Crippen LogP contribution in [0.15, 0.2) is 66.7 Å². The number of rotatable bonds is 5. The Morgan fingerprint density at radius 3 is 2.56 bits per heavy atom. The molecule has 2 aromatic rings. The van der Waals surface area contributed by atoms with E-state index in [4.69, 9.17) is 9.47 Å². The van der Waals surface area contributed by atoms with Gasteiger partial charge in [-0.15, -0.1) is 0 Å². The molecule has 0 N–H and O–H groups in total. The fraction of sp³-hybridized carbons (Fsp3) is 0.318.